The third-order valence-electron chi connectivity index (χ3n) is 21.1. The number of rotatable bonds is 53. The number of aryl methyl sites for hydroxylation is 4. The zero-order valence-corrected chi connectivity index (χ0v) is 62.2. The predicted molar refractivity (Wildman–Crippen MR) is 421 cm³/mol. The summed E-state index contributed by atoms with van der Waals surface area (Å²) in [6.07, 6.45) is 59.8. The predicted octanol–water partition coefficient (Wildman–Crippen LogP) is 24.0. The van der Waals surface area contributed by atoms with Gasteiger partial charge in [0.25, 0.3) is 5.91 Å². The van der Waals surface area contributed by atoms with Crippen molar-refractivity contribution in [2.75, 3.05) is 0 Å². The monoisotopic (exact) mass is 1340 g/mol. The number of hydrogen-bond acceptors (Lipinski definition) is 3. The fraction of sp³-hybridized carbons (Fsp3) is 0.533. The molecule has 0 saturated carbocycles. The maximum Gasteiger partial charge on any atom is 0.270 e. The standard InChI is InChI=1S/C92H128N4O3/c1-5-9-13-17-21-25-29-33-37-41-45-73-49-57-77(58-50-73)89(81-65-66-82(93-81)90(84-69-72-88(97)96-84)78-59-51-74(52-60-78)46-42-38-34-30-26-22-18-14-10-6-2)83-67-70-86(94-83)92(99,80-63-55-76(56-64-80)48-44-40-36-32-28-24-20-16-12-8-4)87-71-68-85(95-87)91(98)79-61-53-75(54-62-79)47-43-39-35-31-27-23-19-15-11-7-3/h49-72,93-95,99H,5-48H2,1-4H3/b89-81-,90-82-. The number of hydrogen-bond donors (Lipinski definition) is 4. The van der Waals surface area contributed by atoms with Crippen LogP contribution in [-0.2, 0) is 36.1 Å². The molecule has 0 fully saturated rings. The molecule has 7 aromatic rings. The normalized spacial score (nSPS) is 13.5. The largest absolute Gasteiger partial charge is 0.373 e. The summed E-state index contributed by atoms with van der Waals surface area (Å²) in [5, 5.41) is 15.5. The minimum absolute atomic E-state index is 0.109. The maximum atomic E-state index is 14.5. The van der Waals surface area contributed by atoms with Crippen molar-refractivity contribution in [3.63, 3.8) is 0 Å². The van der Waals surface area contributed by atoms with Crippen LogP contribution in [0.15, 0.2) is 151 Å². The van der Waals surface area contributed by atoms with Crippen LogP contribution in [-0.4, -0.2) is 37.5 Å². The Hall–Kier alpha value is -6.83. The van der Waals surface area contributed by atoms with Crippen molar-refractivity contribution in [3.05, 3.63) is 224 Å². The number of H-pyrrole nitrogens is 3. The van der Waals surface area contributed by atoms with Gasteiger partial charge >= 0.3 is 0 Å². The number of aliphatic imine (C=N–C) groups is 1. The van der Waals surface area contributed by atoms with Crippen molar-refractivity contribution in [3.8, 4) is 0 Å². The Kier molecular flexibility index (Phi) is 35.5. The third kappa shape index (κ3) is 25.9. The van der Waals surface area contributed by atoms with Gasteiger partial charge in [0.1, 0.15) is 0 Å². The van der Waals surface area contributed by atoms with Gasteiger partial charge in [0, 0.05) is 39.2 Å². The first kappa shape index (κ1) is 77.9. The van der Waals surface area contributed by atoms with Crippen molar-refractivity contribution < 1.29 is 14.7 Å². The van der Waals surface area contributed by atoms with E-state index < -0.39 is 5.60 Å². The zero-order chi connectivity index (χ0) is 69.4. The molecule has 7 heteroatoms. The van der Waals surface area contributed by atoms with Crippen LogP contribution in [0.25, 0.3) is 11.1 Å². The second kappa shape index (κ2) is 45.1. The molecule has 1 aliphatic rings. The molecule has 8 rings (SSSR count). The Morgan fingerprint density at radius 2 is 0.626 bits per heavy atom. The average Bonchev–Trinajstić information content (AvgIpc) is 1.65. The minimum Gasteiger partial charge on any atom is -0.373 e. The van der Waals surface area contributed by atoms with Gasteiger partial charge in [-0.15, -0.1) is 0 Å². The van der Waals surface area contributed by atoms with E-state index in [0.29, 0.717) is 33.9 Å². The molecule has 4 N–H and O–H groups in total. The molecule has 1 atom stereocenters. The van der Waals surface area contributed by atoms with Crippen LogP contribution in [0.4, 0.5) is 0 Å². The Bertz CT molecular complexity index is 3570. The van der Waals surface area contributed by atoms with Gasteiger partial charge in [0.05, 0.1) is 22.8 Å². The molecular formula is C92H128N4O3. The van der Waals surface area contributed by atoms with Gasteiger partial charge in [-0.25, -0.2) is 4.99 Å². The Labute approximate surface area is 599 Å². The first-order valence-electron chi connectivity index (χ1n) is 40.5. The second-order valence-corrected chi connectivity index (χ2v) is 29.3. The number of carbonyl (C=O) groups is 2. The van der Waals surface area contributed by atoms with E-state index in [4.69, 9.17) is 0 Å². The van der Waals surface area contributed by atoms with Crippen LogP contribution < -0.4 is 10.7 Å². The molecule has 1 aliphatic heterocycles. The van der Waals surface area contributed by atoms with Crippen LogP contribution in [0.5, 0.6) is 0 Å². The highest BCUT2D eigenvalue weighted by Crippen LogP contribution is 2.38. The fourth-order valence-electron chi connectivity index (χ4n) is 14.8. The molecule has 7 nitrogen and oxygen atoms in total. The number of allylic oxidation sites excluding steroid dienone is 1. The average molecular weight is 1340 g/mol. The first-order valence-corrected chi connectivity index (χ1v) is 40.5. The summed E-state index contributed by atoms with van der Waals surface area (Å²) in [6.45, 7) is 9.13. The van der Waals surface area contributed by atoms with E-state index in [-0.39, 0.29) is 11.7 Å². The number of amides is 1. The number of ketones is 1. The van der Waals surface area contributed by atoms with Crippen molar-refractivity contribution in [2.24, 2.45) is 4.99 Å². The third-order valence-corrected chi connectivity index (χ3v) is 21.1. The Balaban J connectivity index is 1.08. The molecule has 3 aromatic heterocycles. The van der Waals surface area contributed by atoms with Gasteiger partial charge in [0.2, 0.25) is 5.78 Å². The summed E-state index contributed by atoms with van der Waals surface area (Å²) in [4.78, 5) is 43.1. The lowest BCUT2D eigenvalue weighted by Crippen LogP contribution is -2.30. The van der Waals surface area contributed by atoms with Gasteiger partial charge in [-0.2, -0.15) is 0 Å². The molecular weight excluding hydrogens is 1210 g/mol. The molecule has 0 radical (unpaired) electrons. The summed E-state index contributed by atoms with van der Waals surface area (Å²) in [5.74, 6) is -0.364. The number of aromatic nitrogens is 3. The summed E-state index contributed by atoms with van der Waals surface area (Å²) in [7, 11) is 0. The van der Waals surface area contributed by atoms with Crippen LogP contribution in [0.3, 0.4) is 0 Å². The maximum absolute atomic E-state index is 14.5. The number of aliphatic hydroxyl groups is 1. The highest BCUT2D eigenvalue weighted by atomic mass is 16.3. The number of aromatic amines is 3. The van der Waals surface area contributed by atoms with Gasteiger partial charge in [0.15, 0.2) is 5.60 Å². The molecule has 0 bridgehead atoms. The highest BCUT2D eigenvalue weighted by molar-refractivity contribution is 6.34. The molecule has 0 spiro atoms. The van der Waals surface area contributed by atoms with Crippen LogP contribution >= 0.6 is 0 Å². The summed E-state index contributed by atoms with van der Waals surface area (Å²) < 4.78 is 0. The van der Waals surface area contributed by atoms with E-state index >= 15 is 0 Å². The SMILES string of the molecule is CCCCCCCCCCCCc1ccc(C(=O)c2ccc(C(O)(c3ccc(CCCCCCCCCCCC)cc3)c3ccc(/C(c4ccc(CCCCCCCCCCCC)cc4)=c4/cc/c(=C(/C5=NC(=O)C=C5)c5ccc(CCCCCCCCCCCC)cc5)[nH]4)[nH]3)[nH]2)cc1. The number of nitrogens with zero attached hydrogens (tertiary/aromatic N) is 1. The summed E-state index contributed by atoms with van der Waals surface area (Å²) >= 11 is 0. The van der Waals surface area contributed by atoms with E-state index in [1.165, 1.54) is 266 Å². The topological polar surface area (TPSA) is 114 Å². The van der Waals surface area contributed by atoms with Crippen molar-refractivity contribution in [1.82, 2.24) is 15.0 Å². The number of nitrogens with one attached hydrogen (secondary N) is 3. The Morgan fingerprint density at radius 1 is 0.323 bits per heavy atom. The van der Waals surface area contributed by atoms with Crippen molar-refractivity contribution >= 4 is 28.5 Å². The summed E-state index contributed by atoms with van der Waals surface area (Å²) in [6, 6.07) is 46.6. The molecule has 99 heavy (non-hydrogen) atoms. The number of unbranched alkanes of at least 4 members (excludes halogenated alkanes) is 36. The lowest BCUT2D eigenvalue weighted by molar-refractivity contribution is -0.113. The molecule has 0 saturated heterocycles. The van der Waals surface area contributed by atoms with Crippen LogP contribution in [0.1, 0.15) is 357 Å². The summed E-state index contributed by atoms with van der Waals surface area (Å²) in [5.41, 5.74) is 11.6. The smallest absolute Gasteiger partial charge is 0.270 e. The van der Waals surface area contributed by atoms with E-state index in [2.05, 4.69) is 151 Å². The van der Waals surface area contributed by atoms with E-state index in [0.717, 1.165) is 77.2 Å². The molecule has 4 heterocycles. The van der Waals surface area contributed by atoms with Crippen LogP contribution in [0, 0.1) is 0 Å². The van der Waals surface area contributed by atoms with Crippen molar-refractivity contribution in [1.29, 1.82) is 0 Å². The number of carbonyl (C=O) groups excluding carboxylic acids is 2. The van der Waals surface area contributed by atoms with Crippen molar-refractivity contribution in [2.45, 2.75) is 316 Å². The molecule has 0 aliphatic carbocycles. The van der Waals surface area contributed by atoms with E-state index in [1.54, 1.807) is 6.08 Å². The molecule has 4 aromatic carbocycles. The molecule has 1 unspecified atom stereocenters. The molecule has 534 valence electrons. The highest BCUT2D eigenvalue weighted by Gasteiger charge is 2.38. The lowest BCUT2D eigenvalue weighted by Gasteiger charge is -2.27. The zero-order valence-electron chi connectivity index (χ0n) is 62.2. The minimum atomic E-state index is -1.70. The lowest BCUT2D eigenvalue weighted by atomic mass is 9.86. The van der Waals surface area contributed by atoms with E-state index in [1.807, 2.05) is 36.4 Å². The van der Waals surface area contributed by atoms with Gasteiger partial charge < -0.3 is 20.1 Å². The molecule has 1 amide bonds. The van der Waals surface area contributed by atoms with Gasteiger partial charge in [-0.3, -0.25) is 9.59 Å². The second-order valence-electron chi connectivity index (χ2n) is 29.3. The first-order chi connectivity index (χ1) is 48.7. The van der Waals surface area contributed by atoms with Crippen LogP contribution in [0.2, 0.25) is 0 Å². The Morgan fingerprint density at radius 3 is 0.980 bits per heavy atom. The van der Waals surface area contributed by atoms with Gasteiger partial charge in [-0.05, 0) is 133 Å². The fourth-order valence-corrected chi connectivity index (χ4v) is 14.8. The quantitative estimate of drug-likeness (QED) is 0.0225. The number of benzene rings is 4. The van der Waals surface area contributed by atoms with Gasteiger partial charge in [-0.1, -0.05) is 356 Å². The van der Waals surface area contributed by atoms with E-state index in [9.17, 15) is 14.7 Å².